The lowest BCUT2D eigenvalue weighted by molar-refractivity contribution is -0.384. The summed E-state index contributed by atoms with van der Waals surface area (Å²) in [5.74, 6) is -1.34. The number of esters is 1. The van der Waals surface area contributed by atoms with Gasteiger partial charge in [0, 0.05) is 34.5 Å². The number of hydrogen-bond donors (Lipinski definition) is 0. The summed E-state index contributed by atoms with van der Waals surface area (Å²) >= 11 is 1.43. The SMILES string of the molecule is CCC(OC(=O)c1ccc([N+](=O)[O-])cc1)(c1cn(Cc2ccc3c(-c4csc(C)n4)cc(=O)oc3c2)nn1)C(F)(F)F. The summed E-state index contributed by atoms with van der Waals surface area (Å²) in [5.41, 5.74) is -3.00. The Morgan fingerprint density at radius 2 is 1.90 bits per heavy atom. The van der Waals surface area contributed by atoms with Crippen LogP contribution in [-0.4, -0.2) is 37.0 Å². The van der Waals surface area contributed by atoms with Crippen molar-refractivity contribution in [1.82, 2.24) is 20.0 Å². The highest BCUT2D eigenvalue weighted by molar-refractivity contribution is 7.09. The molecule has 0 aliphatic rings. The number of nitro benzene ring substituents is 1. The summed E-state index contributed by atoms with van der Waals surface area (Å²) < 4.78 is 54.9. The highest BCUT2D eigenvalue weighted by atomic mass is 32.1. The van der Waals surface area contributed by atoms with Gasteiger partial charge in [0.1, 0.15) is 11.3 Å². The first-order chi connectivity index (χ1) is 19.9. The van der Waals surface area contributed by atoms with Crippen LogP contribution in [0.4, 0.5) is 18.9 Å². The van der Waals surface area contributed by atoms with Crippen molar-refractivity contribution in [3.8, 4) is 11.3 Å². The number of ether oxygens (including phenoxy) is 1. The number of carbonyl (C=O) groups is 1. The van der Waals surface area contributed by atoms with Gasteiger partial charge in [-0.2, -0.15) is 13.2 Å². The van der Waals surface area contributed by atoms with Crippen LogP contribution in [0, 0.1) is 17.0 Å². The zero-order valence-electron chi connectivity index (χ0n) is 21.9. The zero-order valence-corrected chi connectivity index (χ0v) is 22.7. The number of alkyl halides is 3. The second-order valence-electron chi connectivity index (χ2n) is 9.23. The molecule has 216 valence electrons. The van der Waals surface area contributed by atoms with Gasteiger partial charge < -0.3 is 9.15 Å². The molecule has 2 aromatic carbocycles. The van der Waals surface area contributed by atoms with E-state index in [2.05, 4.69) is 15.3 Å². The molecule has 0 fully saturated rings. The van der Waals surface area contributed by atoms with Gasteiger partial charge in [0.25, 0.3) is 11.3 Å². The average molecular weight is 600 g/mol. The Morgan fingerprint density at radius 3 is 2.52 bits per heavy atom. The number of nitrogens with zero attached hydrogens (tertiary/aromatic N) is 5. The minimum Gasteiger partial charge on any atom is -0.439 e. The molecular formula is C27H20F3N5O6S. The van der Waals surface area contributed by atoms with E-state index in [1.54, 1.807) is 18.2 Å². The molecule has 0 spiro atoms. The number of hydrogen-bond acceptors (Lipinski definition) is 10. The number of rotatable bonds is 8. The van der Waals surface area contributed by atoms with Gasteiger partial charge in [-0.15, -0.1) is 16.4 Å². The first kappa shape index (κ1) is 28.6. The van der Waals surface area contributed by atoms with Crippen molar-refractivity contribution in [2.75, 3.05) is 0 Å². The van der Waals surface area contributed by atoms with Crippen LogP contribution in [0.5, 0.6) is 0 Å². The number of thiazole rings is 1. The molecule has 11 nitrogen and oxygen atoms in total. The molecule has 0 saturated heterocycles. The van der Waals surface area contributed by atoms with E-state index in [0.717, 1.165) is 40.2 Å². The summed E-state index contributed by atoms with van der Waals surface area (Å²) in [5, 5.41) is 21.6. The zero-order chi connectivity index (χ0) is 30.2. The van der Waals surface area contributed by atoms with Crippen molar-refractivity contribution in [3.63, 3.8) is 0 Å². The van der Waals surface area contributed by atoms with Crippen LogP contribution in [0.25, 0.3) is 22.2 Å². The number of carbonyl (C=O) groups excluding carboxylic acids is 1. The molecule has 5 rings (SSSR count). The molecule has 1 atom stereocenters. The van der Waals surface area contributed by atoms with Crippen molar-refractivity contribution >= 4 is 34.0 Å². The number of halogens is 3. The smallest absolute Gasteiger partial charge is 0.434 e. The van der Waals surface area contributed by atoms with Gasteiger partial charge in [-0.1, -0.05) is 24.3 Å². The Hall–Kier alpha value is -4.92. The molecule has 0 bridgehead atoms. The van der Waals surface area contributed by atoms with Crippen molar-refractivity contribution in [1.29, 1.82) is 0 Å². The Bertz CT molecular complexity index is 1860. The van der Waals surface area contributed by atoms with Crippen molar-refractivity contribution in [3.05, 3.63) is 102 Å². The van der Waals surface area contributed by atoms with Crippen LogP contribution in [0.1, 0.15) is 40.0 Å². The van der Waals surface area contributed by atoms with Gasteiger partial charge in [0.15, 0.2) is 0 Å². The molecule has 0 amide bonds. The van der Waals surface area contributed by atoms with E-state index in [9.17, 15) is 32.9 Å². The molecule has 0 radical (unpaired) electrons. The molecule has 3 heterocycles. The summed E-state index contributed by atoms with van der Waals surface area (Å²) in [6.07, 6.45) is -4.77. The number of benzene rings is 2. The van der Waals surface area contributed by atoms with E-state index in [0.29, 0.717) is 22.2 Å². The van der Waals surface area contributed by atoms with Crippen LogP contribution < -0.4 is 5.63 Å². The van der Waals surface area contributed by atoms with Gasteiger partial charge in [-0.3, -0.25) is 10.1 Å². The maximum Gasteiger partial charge on any atom is 0.434 e. The Morgan fingerprint density at radius 1 is 1.17 bits per heavy atom. The number of nitro groups is 1. The minimum absolute atomic E-state index is 0.0410. The predicted octanol–water partition coefficient (Wildman–Crippen LogP) is 5.80. The van der Waals surface area contributed by atoms with E-state index in [1.165, 1.54) is 24.3 Å². The molecule has 3 aromatic heterocycles. The van der Waals surface area contributed by atoms with E-state index >= 15 is 0 Å². The lowest BCUT2D eigenvalue weighted by Gasteiger charge is -2.32. The minimum atomic E-state index is -5.07. The highest BCUT2D eigenvalue weighted by Crippen LogP contribution is 2.44. The molecule has 0 aliphatic carbocycles. The monoisotopic (exact) mass is 599 g/mol. The van der Waals surface area contributed by atoms with E-state index in [4.69, 9.17) is 9.15 Å². The third-order valence-electron chi connectivity index (χ3n) is 6.54. The third kappa shape index (κ3) is 5.37. The van der Waals surface area contributed by atoms with Crippen LogP contribution in [0.3, 0.4) is 0 Å². The molecule has 0 saturated carbocycles. The lowest BCUT2D eigenvalue weighted by atomic mass is 9.95. The molecule has 1 unspecified atom stereocenters. The van der Waals surface area contributed by atoms with Gasteiger partial charge in [0.2, 0.25) is 0 Å². The van der Waals surface area contributed by atoms with Gasteiger partial charge in [-0.25, -0.2) is 19.3 Å². The normalized spacial score (nSPS) is 13.2. The third-order valence-corrected chi connectivity index (χ3v) is 7.31. The van der Waals surface area contributed by atoms with Gasteiger partial charge in [0.05, 0.1) is 33.9 Å². The largest absolute Gasteiger partial charge is 0.439 e. The summed E-state index contributed by atoms with van der Waals surface area (Å²) in [7, 11) is 0. The summed E-state index contributed by atoms with van der Waals surface area (Å²) in [6.45, 7) is 2.98. The van der Waals surface area contributed by atoms with Gasteiger partial charge >= 0.3 is 17.8 Å². The maximum atomic E-state index is 14.4. The fourth-order valence-electron chi connectivity index (χ4n) is 4.40. The first-order valence-corrected chi connectivity index (χ1v) is 13.2. The number of aryl methyl sites for hydroxylation is 1. The van der Waals surface area contributed by atoms with E-state index in [-0.39, 0.29) is 23.4 Å². The van der Waals surface area contributed by atoms with E-state index in [1.807, 2.05) is 12.3 Å². The molecular weight excluding hydrogens is 579 g/mol. The Labute approximate surface area is 238 Å². The Balaban J connectivity index is 1.44. The second kappa shape index (κ2) is 10.8. The molecule has 5 aromatic rings. The summed E-state index contributed by atoms with van der Waals surface area (Å²) in [4.78, 5) is 39.5. The lowest BCUT2D eigenvalue weighted by Crippen LogP contribution is -2.46. The van der Waals surface area contributed by atoms with Crippen LogP contribution in [0.15, 0.2) is 69.3 Å². The highest BCUT2D eigenvalue weighted by Gasteiger charge is 2.60. The van der Waals surface area contributed by atoms with Crippen LogP contribution in [0.2, 0.25) is 0 Å². The standard InChI is InChI=1S/C27H20F3N5O6S/c1-3-26(27(28,29)30,41-25(37)17-5-7-18(8-6-17)35(38)39)23-13-34(33-32-23)12-16-4-9-19-20(21-14-42-15(2)31-21)11-24(36)40-22(19)10-16/h4-11,13-14H,3,12H2,1-2H3. The van der Waals surface area contributed by atoms with Crippen molar-refractivity contribution < 1.29 is 32.0 Å². The van der Waals surface area contributed by atoms with Crippen LogP contribution in [-0.2, 0) is 16.9 Å². The topological polar surface area (TPSA) is 143 Å². The molecule has 0 aliphatic heterocycles. The fourth-order valence-corrected chi connectivity index (χ4v) is 5.01. The molecule has 15 heteroatoms. The number of fused-ring (bicyclic) bond motifs is 1. The summed E-state index contributed by atoms with van der Waals surface area (Å²) in [6, 6.07) is 10.3. The number of aromatic nitrogens is 4. The maximum absolute atomic E-state index is 14.4. The fraction of sp³-hybridized carbons (Fsp3) is 0.222. The quantitative estimate of drug-likeness (QED) is 0.0936. The van der Waals surface area contributed by atoms with Crippen molar-refractivity contribution in [2.45, 2.75) is 38.6 Å². The van der Waals surface area contributed by atoms with Gasteiger partial charge in [-0.05, 0) is 37.1 Å². The number of non-ortho nitro benzene ring substituents is 1. The molecule has 42 heavy (non-hydrogen) atoms. The molecule has 0 N–H and O–H groups in total. The van der Waals surface area contributed by atoms with Crippen molar-refractivity contribution in [2.24, 2.45) is 0 Å². The second-order valence-corrected chi connectivity index (χ2v) is 10.3. The Kier molecular flexibility index (Phi) is 7.36. The van der Waals surface area contributed by atoms with Crippen LogP contribution >= 0.6 is 11.3 Å². The first-order valence-electron chi connectivity index (χ1n) is 12.3. The van der Waals surface area contributed by atoms with E-state index < -0.39 is 40.4 Å². The average Bonchev–Trinajstić information content (AvgIpc) is 3.59. The predicted molar refractivity (Wildman–Crippen MR) is 144 cm³/mol.